The molecule has 17 heavy (non-hydrogen) atoms. The van der Waals surface area contributed by atoms with E-state index >= 15 is 0 Å². The van der Waals surface area contributed by atoms with Crippen molar-refractivity contribution in [3.8, 4) is 0 Å². The molecule has 0 aliphatic heterocycles. The highest BCUT2D eigenvalue weighted by Gasteiger charge is 2.18. The van der Waals surface area contributed by atoms with Gasteiger partial charge >= 0.3 is 0 Å². The van der Waals surface area contributed by atoms with Crippen molar-refractivity contribution in [2.75, 3.05) is 0 Å². The third-order valence-corrected chi connectivity index (χ3v) is 3.30. The normalized spacial score (nSPS) is 10.6. The lowest BCUT2D eigenvalue weighted by atomic mass is 10.0. The van der Waals surface area contributed by atoms with E-state index in [0.717, 1.165) is 0 Å². The summed E-state index contributed by atoms with van der Waals surface area (Å²) in [5, 5.41) is 0.646. The van der Waals surface area contributed by atoms with Gasteiger partial charge in [0.15, 0.2) is 5.78 Å². The van der Waals surface area contributed by atoms with Gasteiger partial charge in [-0.25, -0.2) is 0 Å². The zero-order chi connectivity index (χ0) is 12.6. The lowest BCUT2D eigenvalue weighted by Crippen LogP contribution is -2.02. The highest BCUT2D eigenvalue weighted by atomic mass is 35.5. The first-order valence-electron chi connectivity index (χ1n) is 5.06. The molecule has 0 aliphatic carbocycles. The minimum atomic E-state index is -0.174. The Morgan fingerprint density at radius 3 is 2.47 bits per heavy atom. The Kier molecular flexibility index (Phi) is 3.27. The molecule has 0 atom stereocenters. The van der Waals surface area contributed by atoms with Gasteiger partial charge in [0.2, 0.25) is 0 Å². The summed E-state index contributed by atoms with van der Waals surface area (Å²) in [7, 11) is 0. The molecule has 1 aromatic carbocycles. The number of ketones is 1. The van der Waals surface area contributed by atoms with Crippen LogP contribution in [0.2, 0.25) is 10.0 Å². The van der Waals surface area contributed by atoms with Crippen LogP contribution in [0.5, 0.6) is 0 Å². The molecule has 2 aromatic rings. The highest BCUT2D eigenvalue weighted by molar-refractivity contribution is 6.44. The van der Waals surface area contributed by atoms with Crippen LogP contribution in [0.3, 0.4) is 0 Å². The van der Waals surface area contributed by atoms with Crippen LogP contribution in [0.25, 0.3) is 0 Å². The number of aryl methyl sites for hydroxylation is 2. The number of hydrogen-bond acceptors (Lipinski definition) is 2. The maximum atomic E-state index is 12.3. The van der Waals surface area contributed by atoms with Crippen LogP contribution in [-0.2, 0) is 0 Å². The quantitative estimate of drug-likeness (QED) is 0.755. The van der Waals surface area contributed by atoms with Crippen molar-refractivity contribution in [1.82, 2.24) is 0 Å². The van der Waals surface area contributed by atoms with Crippen molar-refractivity contribution in [2.24, 2.45) is 0 Å². The Morgan fingerprint density at radius 2 is 1.88 bits per heavy atom. The summed E-state index contributed by atoms with van der Waals surface area (Å²) in [6, 6.07) is 6.70. The summed E-state index contributed by atoms with van der Waals surface area (Å²) in [5.74, 6) is 1.11. The van der Waals surface area contributed by atoms with E-state index in [1.54, 1.807) is 38.1 Å². The molecule has 0 bridgehead atoms. The van der Waals surface area contributed by atoms with E-state index in [0.29, 0.717) is 27.7 Å². The molecule has 88 valence electrons. The highest BCUT2D eigenvalue weighted by Crippen LogP contribution is 2.28. The van der Waals surface area contributed by atoms with Crippen molar-refractivity contribution >= 4 is 29.0 Å². The van der Waals surface area contributed by atoms with Crippen LogP contribution in [-0.4, -0.2) is 5.78 Å². The lowest BCUT2D eigenvalue weighted by molar-refractivity contribution is 0.103. The summed E-state index contributed by atoms with van der Waals surface area (Å²) >= 11 is 11.9. The molecule has 2 nitrogen and oxygen atoms in total. The lowest BCUT2D eigenvalue weighted by Gasteiger charge is -2.03. The largest absolute Gasteiger partial charge is 0.466 e. The Labute approximate surface area is 109 Å². The molecule has 4 heteroatoms. The van der Waals surface area contributed by atoms with Crippen LogP contribution in [0.1, 0.15) is 27.4 Å². The predicted octanol–water partition coefficient (Wildman–Crippen LogP) is 4.43. The zero-order valence-electron chi connectivity index (χ0n) is 9.38. The van der Waals surface area contributed by atoms with Gasteiger partial charge in [-0.3, -0.25) is 4.79 Å². The van der Waals surface area contributed by atoms with Crippen LogP contribution in [0.4, 0.5) is 0 Å². The van der Waals surface area contributed by atoms with Gasteiger partial charge in [0.1, 0.15) is 11.5 Å². The molecule has 1 heterocycles. The molecule has 0 unspecified atom stereocenters. The minimum absolute atomic E-state index is 0.174. The SMILES string of the molecule is Cc1cc(C(=O)c2cccc(Cl)c2Cl)c(C)o1. The number of furan rings is 1. The average Bonchev–Trinajstić information content (AvgIpc) is 2.61. The smallest absolute Gasteiger partial charge is 0.198 e. The van der Waals surface area contributed by atoms with Crippen molar-refractivity contribution in [3.63, 3.8) is 0 Å². The number of carbonyl (C=O) groups excluding carboxylic acids is 1. The second-order valence-electron chi connectivity index (χ2n) is 3.76. The second-order valence-corrected chi connectivity index (χ2v) is 4.54. The van der Waals surface area contributed by atoms with E-state index < -0.39 is 0 Å². The van der Waals surface area contributed by atoms with Crippen molar-refractivity contribution in [3.05, 3.63) is 57.0 Å². The van der Waals surface area contributed by atoms with E-state index in [1.807, 2.05) is 0 Å². The topological polar surface area (TPSA) is 30.2 Å². The number of rotatable bonds is 2. The van der Waals surface area contributed by atoms with Crippen molar-refractivity contribution in [2.45, 2.75) is 13.8 Å². The summed E-state index contributed by atoms with van der Waals surface area (Å²) in [6.45, 7) is 3.54. The molecule has 0 fully saturated rings. The molecular formula is C13H10Cl2O2. The van der Waals surface area contributed by atoms with E-state index in [1.165, 1.54) is 0 Å². The molecular weight excluding hydrogens is 259 g/mol. The fraction of sp³-hybridized carbons (Fsp3) is 0.154. The molecule has 0 radical (unpaired) electrons. The Balaban J connectivity index is 2.51. The molecule has 2 rings (SSSR count). The van der Waals surface area contributed by atoms with Crippen LogP contribution < -0.4 is 0 Å². The van der Waals surface area contributed by atoms with Gasteiger partial charge in [-0.15, -0.1) is 0 Å². The third kappa shape index (κ3) is 2.24. The second kappa shape index (κ2) is 4.55. The van der Waals surface area contributed by atoms with E-state index in [9.17, 15) is 4.79 Å². The first-order valence-corrected chi connectivity index (χ1v) is 5.82. The Bertz CT molecular complexity index is 585. The van der Waals surface area contributed by atoms with Gasteiger partial charge in [-0.1, -0.05) is 29.3 Å². The maximum Gasteiger partial charge on any atom is 0.198 e. The monoisotopic (exact) mass is 268 g/mol. The van der Waals surface area contributed by atoms with Crippen LogP contribution >= 0.6 is 23.2 Å². The number of benzene rings is 1. The van der Waals surface area contributed by atoms with Gasteiger partial charge in [0, 0.05) is 5.56 Å². The molecule has 0 N–H and O–H groups in total. The summed E-state index contributed by atoms with van der Waals surface area (Å²) in [4.78, 5) is 12.3. The van der Waals surface area contributed by atoms with E-state index in [4.69, 9.17) is 27.6 Å². The van der Waals surface area contributed by atoms with Gasteiger partial charge in [-0.05, 0) is 32.0 Å². The molecule has 0 amide bonds. The average molecular weight is 269 g/mol. The Hall–Kier alpha value is -1.25. The summed E-state index contributed by atoms with van der Waals surface area (Å²) in [5.41, 5.74) is 0.912. The fourth-order valence-electron chi connectivity index (χ4n) is 1.68. The van der Waals surface area contributed by atoms with Gasteiger partial charge < -0.3 is 4.42 Å². The van der Waals surface area contributed by atoms with Crippen LogP contribution in [0, 0.1) is 13.8 Å². The summed E-state index contributed by atoms with van der Waals surface area (Å²) in [6.07, 6.45) is 0. The molecule has 0 saturated carbocycles. The predicted molar refractivity (Wildman–Crippen MR) is 68.1 cm³/mol. The van der Waals surface area contributed by atoms with Crippen molar-refractivity contribution < 1.29 is 9.21 Å². The number of carbonyl (C=O) groups is 1. The first-order chi connectivity index (χ1) is 8.00. The van der Waals surface area contributed by atoms with Crippen molar-refractivity contribution in [1.29, 1.82) is 0 Å². The number of hydrogen-bond donors (Lipinski definition) is 0. The zero-order valence-corrected chi connectivity index (χ0v) is 10.9. The molecule has 1 aromatic heterocycles. The molecule has 0 aliphatic rings. The number of halogens is 2. The Morgan fingerprint density at radius 1 is 1.18 bits per heavy atom. The van der Waals surface area contributed by atoms with E-state index in [2.05, 4.69) is 0 Å². The van der Waals surface area contributed by atoms with Gasteiger partial charge in [0.05, 0.1) is 15.6 Å². The standard InChI is InChI=1S/C13H10Cl2O2/c1-7-6-10(8(2)17-7)13(16)9-4-3-5-11(14)12(9)15/h3-6H,1-2H3. The molecule has 0 spiro atoms. The van der Waals surface area contributed by atoms with E-state index in [-0.39, 0.29) is 10.8 Å². The van der Waals surface area contributed by atoms with Gasteiger partial charge in [-0.2, -0.15) is 0 Å². The first kappa shape index (κ1) is 12.2. The summed E-state index contributed by atoms with van der Waals surface area (Å²) < 4.78 is 5.33. The van der Waals surface area contributed by atoms with Gasteiger partial charge in [0.25, 0.3) is 0 Å². The van der Waals surface area contributed by atoms with Crippen LogP contribution in [0.15, 0.2) is 28.7 Å². The third-order valence-electron chi connectivity index (χ3n) is 2.48. The minimum Gasteiger partial charge on any atom is -0.466 e. The molecule has 0 saturated heterocycles. The fourth-order valence-corrected chi connectivity index (χ4v) is 2.07. The maximum absolute atomic E-state index is 12.3.